The first-order valence-corrected chi connectivity index (χ1v) is 6.43. The minimum absolute atomic E-state index is 0.0862. The lowest BCUT2D eigenvalue weighted by Crippen LogP contribution is -2.35. The van der Waals surface area contributed by atoms with Crippen molar-refractivity contribution in [2.24, 2.45) is 5.92 Å². The van der Waals surface area contributed by atoms with E-state index in [1.807, 2.05) is 6.07 Å². The van der Waals surface area contributed by atoms with E-state index in [1.165, 1.54) is 4.90 Å². The van der Waals surface area contributed by atoms with Crippen LogP contribution in [0.2, 0.25) is 0 Å². The Hall–Kier alpha value is -1.13. The summed E-state index contributed by atoms with van der Waals surface area (Å²) in [4.78, 5) is 12.8. The van der Waals surface area contributed by atoms with E-state index in [-0.39, 0.29) is 24.8 Å². The van der Waals surface area contributed by atoms with Gasteiger partial charge in [0.1, 0.15) is 0 Å². The minimum Gasteiger partial charge on any atom is -0.340 e. The van der Waals surface area contributed by atoms with Crippen molar-refractivity contribution in [3.05, 3.63) is 0 Å². The molecule has 0 aromatic rings. The molecule has 1 amide bonds. The van der Waals surface area contributed by atoms with E-state index in [2.05, 4.69) is 4.72 Å². The van der Waals surface area contributed by atoms with Crippen LogP contribution in [0.25, 0.3) is 0 Å². The van der Waals surface area contributed by atoms with Crippen molar-refractivity contribution in [1.29, 1.82) is 5.26 Å². The van der Waals surface area contributed by atoms with Gasteiger partial charge in [0.25, 0.3) is 0 Å². The molecule has 6 nitrogen and oxygen atoms in total. The normalized spacial score (nSPS) is 21.7. The number of amides is 1. The van der Waals surface area contributed by atoms with Crippen LogP contribution in [0, 0.1) is 17.2 Å². The van der Waals surface area contributed by atoms with Crippen LogP contribution in [0.5, 0.6) is 0 Å². The highest BCUT2D eigenvalue weighted by atomic mass is 32.2. The Balaban J connectivity index is 2.35. The van der Waals surface area contributed by atoms with Gasteiger partial charge in [-0.2, -0.15) is 5.26 Å². The number of rotatable bonds is 4. The van der Waals surface area contributed by atoms with Gasteiger partial charge < -0.3 is 4.90 Å². The molecule has 0 radical (unpaired) electrons. The number of nitrogens with one attached hydrogen (secondary N) is 1. The topological polar surface area (TPSA) is 90.3 Å². The molecule has 1 aliphatic heterocycles. The number of carbonyl (C=O) groups excluding carboxylic acids is 1. The molecule has 0 aromatic carbocycles. The maximum Gasteiger partial charge on any atom is 0.224 e. The molecular formula is C8H13N3O3S. The molecule has 1 saturated heterocycles. The number of nitriles is 1. The van der Waals surface area contributed by atoms with Gasteiger partial charge >= 0.3 is 0 Å². The van der Waals surface area contributed by atoms with Crippen LogP contribution in [0.1, 0.15) is 6.42 Å². The average Bonchev–Trinajstić information content (AvgIpc) is 2.45. The highest BCUT2D eigenvalue weighted by Crippen LogP contribution is 2.15. The Bertz CT molecular complexity index is 384. The van der Waals surface area contributed by atoms with E-state index in [4.69, 9.17) is 5.26 Å². The monoisotopic (exact) mass is 231 g/mol. The lowest BCUT2D eigenvalue weighted by molar-refractivity contribution is -0.127. The van der Waals surface area contributed by atoms with Crippen LogP contribution in [-0.2, 0) is 14.8 Å². The van der Waals surface area contributed by atoms with Crippen molar-refractivity contribution in [1.82, 2.24) is 9.62 Å². The molecule has 1 N–H and O–H groups in total. The van der Waals surface area contributed by atoms with Crippen LogP contribution in [0.3, 0.4) is 0 Å². The van der Waals surface area contributed by atoms with Gasteiger partial charge in [-0.3, -0.25) is 4.79 Å². The highest BCUT2D eigenvalue weighted by Gasteiger charge is 2.28. The molecule has 0 saturated carbocycles. The van der Waals surface area contributed by atoms with Gasteiger partial charge in [0.15, 0.2) is 0 Å². The molecule has 0 spiro atoms. The summed E-state index contributed by atoms with van der Waals surface area (Å²) in [5.41, 5.74) is 0. The number of hydrogen-bond donors (Lipinski definition) is 1. The van der Waals surface area contributed by atoms with E-state index in [1.54, 1.807) is 0 Å². The number of hydrogen-bond acceptors (Lipinski definition) is 4. The molecule has 1 rings (SSSR count). The highest BCUT2D eigenvalue weighted by molar-refractivity contribution is 7.88. The van der Waals surface area contributed by atoms with E-state index in [9.17, 15) is 13.2 Å². The first-order valence-electron chi connectivity index (χ1n) is 4.54. The fraction of sp³-hybridized carbons (Fsp3) is 0.750. The number of nitrogens with zero attached hydrogens (tertiary/aromatic N) is 2. The third-order valence-corrected chi connectivity index (χ3v) is 2.87. The molecule has 15 heavy (non-hydrogen) atoms. The smallest absolute Gasteiger partial charge is 0.224 e. The van der Waals surface area contributed by atoms with Crippen LogP contribution in [-0.4, -0.2) is 45.1 Å². The van der Waals surface area contributed by atoms with Crippen molar-refractivity contribution < 1.29 is 13.2 Å². The van der Waals surface area contributed by atoms with E-state index in [0.29, 0.717) is 13.1 Å². The number of carbonyl (C=O) groups is 1. The summed E-state index contributed by atoms with van der Waals surface area (Å²) in [7, 11) is -3.21. The fourth-order valence-electron chi connectivity index (χ4n) is 1.44. The van der Waals surface area contributed by atoms with Crippen molar-refractivity contribution in [3.63, 3.8) is 0 Å². The third-order valence-electron chi connectivity index (χ3n) is 2.14. The van der Waals surface area contributed by atoms with Crippen molar-refractivity contribution >= 4 is 15.9 Å². The summed E-state index contributed by atoms with van der Waals surface area (Å²) in [6.07, 6.45) is 1.31. The zero-order chi connectivity index (χ0) is 11.5. The predicted molar refractivity (Wildman–Crippen MR) is 53.1 cm³/mol. The zero-order valence-corrected chi connectivity index (χ0v) is 9.25. The lowest BCUT2D eigenvalue weighted by Gasteiger charge is -2.15. The summed E-state index contributed by atoms with van der Waals surface area (Å²) >= 11 is 0. The molecule has 1 atom stereocenters. The maximum absolute atomic E-state index is 11.3. The second-order valence-corrected chi connectivity index (χ2v) is 5.37. The Morgan fingerprint density at radius 3 is 2.80 bits per heavy atom. The molecule has 1 heterocycles. The second-order valence-electron chi connectivity index (χ2n) is 3.54. The second kappa shape index (κ2) is 4.59. The molecular weight excluding hydrogens is 218 g/mol. The third kappa shape index (κ3) is 3.85. The fourth-order valence-corrected chi connectivity index (χ4v) is 1.90. The SMILES string of the molecule is CS(=O)(=O)NCCN1CC(C#N)CC1=O. The van der Waals surface area contributed by atoms with Crippen molar-refractivity contribution in [2.75, 3.05) is 25.9 Å². The molecule has 1 fully saturated rings. The molecule has 0 aromatic heterocycles. The molecule has 7 heteroatoms. The van der Waals surface area contributed by atoms with Crippen molar-refractivity contribution in [3.8, 4) is 6.07 Å². The van der Waals surface area contributed by atoms with Crippen LogP contribution >= 0.6 is 0 Å². The van der Waals surface area contributed by atoms with Gasteiger partial charge in [0, 0.05) is 26.1 Å². The minimum atomic E-state index is -3.21. The molecule has 0 bridgehead atoms. The number of likely N-dealkylation sites (tertiary alicyclic amines) is 1. The summed E-state index contributed by atoms with van der Waals surface area (Å²) < 4.78 is 23.8. The Morgan fingerprint density at radius 1 is 1.67 bits per heavy atom. The van der Waals surface area contributed by atoms with Gasteiger partial charge in [-0.15, -0.1) is 0 Å². The largest absolute Gasteiger partial charge is 0.340 e. The van der Waals surface area contributed by atoms with Gasteiger partial charge in [0.2, 0.25) is 15.9 Å². The molecule has 0 aliphatic carbocycles. The summed E-state index contributed by atoms with van der Waals surface area (Å²) in [5, 5.41) is 8.62. The first kappa shape index (κ1) is 11.9. The summed E-state index contributed by atoms with van der Waals surface area (Å²) in [5.74, 6) is -0.340. The quantitative estimate of drug-likeness (QED) is 0.665. The standard InChI is InChI=1S/C8H13N3O3S/c1-15(13,14)10-2-3-11-6-7(5-9)4-8(11)12/h7,10H,2-4,6H2,1H3. The number of sulfonamides is 1. The van der Waals surface area contributed by atoms with Crippen LogP contribution in [0.4, 0.5) is 0 Å². The molecule has 1 unspecified atom stereocenters. The first-order chi connectivity index (χ1) is 6.92. The zero-order valence-electron chi connectivity index (χ0n) is 8.43. The summed E-state index contributed by atoms with van der Waals surface area (Å²) in [6.45, 7) is 0.924. The van der Waals surface area contributed by atoms with Crippen LogP contribution in [0.15, 0.2) is 0 Å². The molecule has 1 aliphatic rings. The lowest BCUT2D eigenvalue weighted by atomic mass is 10.1. The van der Waals surface area contributed by atoms with Gasteiger partial charge in [0.05, 0.1) is 18.2 Å². The Kier molecular flexibility index (Phi) is 3.66. The van der Waals surface area contributed by atoms with E-state index < -0.39 is 10.0 Å². The van der Waals surface area contributed by atoms with Gasteiger partial charge in [-0.25, -0.2) is 13.1 Å². The van der Waals surface area contributed by atoms with E-state index >= 15 is 0 Å². The summed E-state index contributed by atoms with van der Waals surface area (Å²) in [6, 6.07) is 2.03. The van der Waals surface area contributed by atoms with Crippen LogP contribution < -0.4 is 4.72 Å². The average molecular weight is 231 g/mol. The Labute approximate surface area is 88.9 Å². The Morgan fingerprint density at radius 2 is 2.33 bits per heavy atom. The predicted octanol–water partition coefficient (Wildman–Crippen LogP) is -1.09. The van der Waals surface area contributed by atoms with Gasteiger partial charge in [-0.05, 0) is 0 Å². The maximum atomic E-state index is 11.3. The van der Waals surface area contributed by atoms with E-state index in [0.717, 1.165) is 6.26 Å². The van der Waals surface area contributed by atoms with Gasteiger partial charge in [-0.1, -0.05) is 0 Å². The molecule has 84 valence electrons. The van der Waals surface area contributed by atoms with Crippen molar-refractivity contribution in [2.45, 2.75) is 6.42 Å².